The summed E-state index contributed by atoms with van der Waals surface area (Å²) in [4.78, 5) is 16.9. The molecule has 0 atom stereocenters. The molecule has 2 aromatic carbocycles. The van der Waals surface area contributed by atoms with Gasteiger partial charge in [-0.15, -0.1) is 0 Å². The second kappa shape index (κ2) is 7.71. The predicted molar refractivity (Wildman–Crippen MR) is 115 cm³/mol. The fourth-order valence-corrected chi connectivity index (χ4v) is 5.06. The Hall–Kier alpha value is -2.54. The molecule has 1 saturated heterocycles. The van der Waals surface area contributed by atoms with Gasteiger partial charge in [-0.2, -0.15) is 0 Å². The number of nitrogens with two attached hydrogens (primary N) is 1. The van der Waals surface area contributed by atoms with E-state index >= 15 is 0 Å². The van der Waals surface area contributed by atoms with Gasteiger partial charge >= 0.3 is 0 Å². The second-order valence-electron chi connectivity index (χ2n) is 7.31. The number of hydrogen-bond acceptors (Lipinski definition) is 6. The maximum absolute atomic E-state index is 12.4. The summed E-state index contributed by atoms with van der Waals surface area (Å²) in [6.45, 7) is 3.29. The molecule has 0 bridgehead atoms. The first-order chi connectivity index (χ1) is 14.2. The summed E-state index contributed by atoms with van der Waals surface area (Å²) in [6, 6.07) is 15.8. The Kier molecular flexibility index (Phi) is 4.91. The lowest BCUT2D eigenvalue weighted by Crippen LogP contribution is -2.36. The largest absolute Gasteiger partial charge is 0.440 e. The minimum atomic E-state index is -0.0425. The van der Waals surface area contributed by atoms with E-state index in [0.717, 1.165) is 35.5 Å². The van der Waals surface area contributed by atoms with Gasteiger partial charge < -0.3 is 19.8 Å². The van der Waals surface area contributed by atoms with Crippen molar-refractivity contribution in [3.05, 3.63) is 75.4 Å². The van der Waals surface area contributed by atoms with Crippen LogP contribution in [0.2, 0.25) is 0 Å². The Morgan fingerprint density at radius 2 is 1.90 bits per heavy atom. The minimum absolute atomic E-state index is 0.0425. The molecule has 148 valence electrons. The summed E-state index contributed by atoms with van der Waals surface area (Å²) < 4.78 is 11.6. The third kappa shape index (κ3) is 3.59. The van der Waals surface area contributed by atoms with E-state index < -0.39 is 0 Å². The average molecular weight is 407 g/mol. The standard InChI is InChI=1S/C23H22N2O3S/c24-14-15-4-5-21-17(10-15)11-16-2-1-3-19(23(16)29-21)20-12-18(26)13-22(28-20)25-6-8-27-9-7-25/h1-5,10,12-13H,6-9,11,14,24H2. The zero-order chi connectivity index (χ0) is 19.8. The van der Waals surface area contributed by atoms with Crippen LogP contribution in [0, 0.1) is 0 Å². The second-order valence-corrected chi connectivity index (χ2v) is 8.37. The number of fused-ring (bicyclic) bond motifs is 2. The number of anilines is 1. The van der Waals surface area contributed by atoms with Crippen LogP contribution in [0.4, 0.5) is 5.88 Å². The lowest BCUT2D eigenvalue weighted by molar-refractivity contribution is 0.120. The number of morpholine rings is 1. The van der Waals surface area contributed by atoms with Crippen LogP contribution in [0.3, 0.4) is 0 Å². The maximum Gasteiger partial charge on any atom is 0.200 e. The van der Waals surface area contributed by atoms with Crippen molar-refractivity contribution in [2.75, 3.05) is 31.2 Å². The first kappa shape index (κ1) is 18.5. The molecule has 2 aliphatic rings. The molecular weight excluding hydrogens is 384 g/mol. The molecule has 5 nitrogen and oxygen atoms in total. The highest BCUT2D eigenvalue weighted by molar-refractivity contribution is 7.99. The van der Waals surface area contributed by atoms with Gasteiger partial charge in [0.2, 0.25) is 0 Å². The van der Waals surface area contributed by atoms with Crippen LogP contribution >= 0.6 is 11.8 Å². The van der Waals surface area contributed by atoms with Crippen LogP contribution in [-0.4, -0.2) is 26.3 Å². The van der Waals surface area contributed by atoms with Crippen LogP contribution < -0.4 is 16.1 Å². The Morgan fingerprint density at radius 3 is 2.72 bits per heavy atom. The molecule has 1 aromatic heterocycles. The van der Waals surface area contributed by atoms with E-state index in [0.29, 0.717) is 31.4 Å². The van der Waals surface area contributed by atoms with Crippen LogP contribution in [0.25, 0.3) is 11.3 Å². The predicted octanol–water partition coefficient (Wildman–Crippen LogP) is 3.66. The molecule has 3 heterocycles. The molecule has 1 fully saturated rings. The van der Waals surface area contributed by atoms with Crippen molar-refractivity contribution in [3.63, 3.8) is 0 Å². The molecular formula is C23H22N2O3S. The molecule has 6 heteroatoms. The van der Waals surface area contributed by atoms with Gasteiger partial charge in [0.05, 0.1) is 13.2 Å². The summed E-state index contributed by atoms with van der Waals surface area (Å²) in [5.41, 5.74) is 10.4. The lowest BCUT2D eigenvalue weighted by Gasteiger charge is -2.27. The van der Waals surface area contributed by atoms with E-state index in [1.54, 1.807) is 23.9 Å². The fraction of sp³-hybridized carbons (Fsp3) is 0.261. The molecule has 0 spiro atoms. The zero-order valence-corrected chi connectivity index (χ0v) is 16.8. The maximum atomic E-state index is 12.4. The van der Waals surface area contributed by atoms with Gasteiger partial charge in [-0.05, 0) is 29.2 Å². The molecule has 5 rings (SSSR count). The highest BCUT2D eigenvalue weighted by Crippen LogP contribution is 2.45. The number of ether oxygens (including phenoxy) is 1. The molecule has 3 aromatic rings. The number of nitrogens with zero attached hydrogens (tertiary/aromatic N) is 1. The average Bonchev–Trinajstić information content (AvgIpc) is 2.77. The van der Waals surface area contributed by atoms with Crippen LogP contribution in [0.5, 0.6) is 0 Å². The van der Waals surface area contributed by atoms with Crippen LogP contribution in [0.1, 0.15) is 16.7 Å². The van der Waals surface area contributed by atoms with Crippen LogP contribution in [0.15, 0.2) is 67.5 Å². The highest BCUT2D eigenvalue weighted by Gasteiger charge is 2.22. The zero-order valence-electron chi connectivity index (χ0n) is 16.0. The van der Waals surface area contributed by atoms with E-state index in [1.807, 2.05) is 12.1 Å². The van der Waals surface area contributed by atoms with E-state index in [9.17, 15) is 4.79 Å². The Bertz CT molecular complexity index is 1120. The van der Waals surface area contributed by atoms with Gasteiger partial charge in [0, 0.05) is 47.1 Å². The lowest BCUT2D eigenvalue weighted by atomic mass is 9.99. The number of rotatable bonds is 3. The summed E-state index contributed by atoms with van der Waals surface area (Å²) >= 11 is 1.73. The van der Waals surface area contributed by atoms with Gasteiger partial charge in [0.1, 0.15) is 5.76 Å². The molecule has 29 heavy (non-hydrogen) atoms. The van der Waals surface area contributed by atoms with Gasteiger partial charge in [0.15, 0.2) is 11.3 Å². The number of benzene rings is 2. The van der Waals surface area contributed by atoms with Crippen molar-refractivity contribution in [2.45, 2.75) is 22.8 Å². The minimum Gasteiger partial charge on any atom is -0.440 e. The molecule has 0 unspecified atom stereocenters. The Morgan fingerprint density at radius 1 is 1.03 bits per heavy atom. The smallest absolute Gasteiger partial charge is 0.200 e. The SMILES string of the molecule is NCc1ccc2c(c1)Cc1cccc(-c3cc(=O)cc(N4CCOCC4)o3)c1S2. The van der Waals surface area contributed by atoms with Crippen molar-refractivity contribution < 1.29 is 9.15 Å². The monoisotopic (exact) mass is 406 g/mol. The van der Waals surface area contributed by atoms with Gasteiger partial charge in [-0.1, -0.05) is 42.1 Å². The first-order valence-corrected chi connectivity index (χ1v) is 10.6. The van der Waals surface area contributed by atoms with Crippen molar-refractivity contribution in [1.29, 1.82) is 0 Å². The number of hydrogen-bond donors (Lipinski definition) is 1. The Labute approximate surface area is 173 Å². The first-order valence-electron chi connectivity index (χ1n) is 9.81. The fourth-order valence-electron chi connectivity index (χ4n) is 3.89. The summed E-state index contributed by atoms with van der Waals surface area (Å²) in [5.74, 6) is 1.23. The van der Waals surface area contributed by atoms with Crippen molar-refractivity contribution in [1.82, 2.24) is 0 Å². The summed E-state index contributed by atoms with van der Waals surface area (Å²) in [5, 5.41) is 0. The molecule has 2 N–H and O–H groups in total. The molecule has 0 saturated carbocycles. The molecule has 0 aliphatic carbocycles. The van der Waals surface area contributed by atoms with E-state index in [4.69, 9.17) is 14.9 Å². The molecule has 2 aliphatic heterocycles. The third-order valence-electron chi connectivity index (χ3n) is 5.39. The van der Waals surface area contributed by atoms with Crippen molar-refractivity contribution in [3.8, 4) is 11.3 Å². The normalized spacial score (nSPS) is 15.7. The van der Waals surface area contributed by atoms with E-state index in [1.165, 1.54) is 16.0 Å². The van der Waals surface area contributed by atoms with Crippen molar-refractivity contribution >= 4 is 17.6 Å². The molecule has 0 radical (unpaired) electrons. The quantitative estimate of drug-likeness (QED) is 0.560. The van der Waals surface area contributed by atoms with Gasteiger partial charge in [-0.3, -0.25) is 4.79 Å². The molecule has 0 amide bonds. The van der Waals surface area contributed by atoms with Crippen molar-refractivity contribution in [2.24, 2.45) is 5.73 Å². The van der Waals surface area contributed by atoms with E-state index in [-0.39, 0.29) is 5.43 Å². The summed E-state index contributed by atoms with van der Waals surface area (Å²) in [6.07, 6.45) is 0.854. The third-order valence-corrected chi connectivity index (χ3v) is 6.70. The Balaban J connectivity index is 1.55. The van der Waals surface area contributed by atoms with Crippen LogP contribution in [-0.2, 0) is 17.7 Å². The van der Waals surface area contributed by atoms with Gasteiger partial charge in [-0.25, -0.2) is 0 Å². The van der Waals surface area contributed by atoms with E-state index in [2.05, 4.69) is 29.2 Å². The van der Waals surface area contributed by atoms with Gasteiger partial charge in [0.25, 0.3) is 0 Å². The highest BCUT2D eigenvalue weighted by atomic mass is 32.2. The summed E-state index contributed by atoms with van der Waals surface area (Å²) in [7, 11) is 0. The topological polar surface area (TPSA) is 68.7 Å².